The van der Waals surface area contributed by atoms with Crippen LogP contribution in [0, 0.1) is 0 Å². The number of hydrogen-bond acceptors (Lipinski definition) is 6. The van der Waals surface area contributed by atoms with Gasteiger partial charge >= 0.3 is 11.9 Å². The Kier molecular flexibility index (Phi) is 7.68. The second-order valence-electron chi connectivity index (χ2n) is 7.23. The van der Waals surface area contributed by atoms with E-state index in [0.29, 0.717) is 5.56 Å². The number of halogens is 1. The molecule has 0 fully saturated rings. The van der Waals surface area contributed by atoms with E-state index < -0.39 is 17.5 Å². The normalized spacial score (nSPS) is 12.6. The van der Waals surface area contributed by atoms with Crippen molar-refractivity contribution >= 4 is 23.5 Å². The Labute approximate surface area is 196 Å². The van der Waals surface area contributed by atoms with E-state index in [0.717, 1.165) is 11.1 Å². The summed E-state index contributed by atoms with van der Waals surface area (Å²) in [6.45, 7) is 1.60. The predicted octanol–water partition coefficient (Wildman–Crippen LogP) is 5.10. The number of ether oxygens (including phenoxy) is 3. The molecule has 33 heavy (non-hydrogen) atoms. The zero-order valence-corrected chi connectivity index (χ0v) is 19.3. The Hall–Kier alpha value is -3.42. The molecule has 0 saturated heterocycles. The predicted molar refractivity (Wildman–Crippen MR) is 123 cm³/mol. The lowest BCUT2D eigenvalue weighted by molar-refractivity contribution is -0.161. The molecular formula is C25H24ClNO6. The molecule has 0 radical (unpaired) electrons. The fraction of sp³-hybridized carbons (Fsp3) is 0.240. The number of nitrogens with zero attached hydrogens (tertiary/aromatic N) is 1. The van der Waals surface area contributed by atoms with Crippen molar-refractivity contribution in [3.8, 4) is 17.0 Å². The van der Waals surface area contributed by atoms with Crippen LogP contribution in [0.25, 0.3) is 11.1 Å². The molecule has 1 heterocycles. The first-order valence-electron chi connectivity index (χ1n) is 10.2. The molecule has 0 spiro atoms. The van der Waals surface area contributed by atoms with Crippen molar-refractivity contribution in [2.75, 3.05) is 14.2 Å². The molecule has 0 aliphatic rings. The molecule has 2 aromatic carbocycles. The Morgan fingerprint density at radius 1 is 1.03 bits per heavy atom. The van der Waals surface area contributed by atoms with Gasteiger partial charge in [0.2, 0.25) is 11.5 Å². The van der Waals surface area contributed by atoms with Crippen molar-refractivity contribution in [3.63, 3.8) is 0 Å². The lowest BCUT2D eigenvalue weighted by atomic mass is 9.87. The van der Waals surface area contributed by atoms with Gasteiger partial charge in [-0.1, -0.05) is 61.0 Å². The number of carbonyl (C=O) groups excluding carboxylic acids is 1. The number of carboxylic acids is 1. The van der Waals surface area contributed by atoms with Crippen LogP contribution in [-0.4, -0.2) is 36.2 Å². The largest absolute Gasteiger partial charge is 0.481 e. The number of pyridine rings is 1. The second kappa shape index (κ2) is 10.5. The second-order valence-corrected chi connectivity index (χ2v) is 7.62. The lowest BCUT2D eigenvalue weighted by Crippen LogP contribution is -2.41. The number of carbonyl (C=O) groups is 2. The Balaban J connectivity index is 2.02. The summed E-state index contributed by atoms with van der Waals surface area (Å²) in [5, 5.41) is 10.2. The van der Waals surface area contributed by atoms with E-state index in [-0.39, 0.29) is 35.2 Å². The van der Waals surface area contributed by atoms with Crippen LogP contribution in [0.1, 0.15) is 34.8 Å². The first kappa shape index (κ1) is 24.2. The Morgan fingerprint density at radius 2 is 1.67 bits per heavy atom. The van der Waals surface area contributed by atoms with Crippen LogP contribution in [0.15, 0.2) is 60.7 Å². The number of rotatable bonds is 9. The summed E-state index contributed by atoms with van der Waals surface area (Å²) in [6, 6.07) is 17.8. The smallest absolute Gasteiger partial charge is 0.352 e. The minimum atomic E-state index is -2.02. The van der Waals surface area contributed by atoms with Gasteiger partial charge in [0.15, 0.2) is 0 Å². The molecule has 1 N–H and O–H groups in total. The van der Waals surface area contributed by atoms with Crippen molar-refractivity contribution in [3.05, 3.63) is 82.5 Å². The van der Waals surface area contributed by atoms with Gasteiger partial charge < -0.3 is 19.3 Å². The first-order chi connectivity index (χ1) is 15.9. The monoisotopic (exact) mass is 469 g/mol. The van der Waals surface area contributed by atoms with Crippen molar-refractivity contribution < 1.29 is 28.9 Å². The maximum atomic E-state index is 13.1. The van der Waals surface area contributed by atoms with E-state index in [2.05, 4.69) is 4.98 Å². The van der Waals surface area contributed by atoms with Crippen LogP contribution in [0.5, 0.6) is 5.88 Å². The average molecular weight is 470 g/mol. The van der Waals surface area contributed by atoms with Gasteiger partial charge in [0.25, 0.3) is 0 Å². The molecule has 7 nitrogen and oxygen atoms in total. The van der Waals surface area contributed by atoms with Gasteiger partial charge in [0.05, 0.1) is 19.3 Å². The van der Waals surface area contributed by atoms with E-state index in [1.807, 2.05) is 30.3 Å². The lowest BCUT2D eigenvalue weighted by Gasteiger charge is -2.31. The molecule has 0 bridgehead atoms. The number of aliphatic carboxylic acids is 1. The number of hydrogen-bond donors (Lipinski definition) is 1. The van der Waals surface area contributed by atoms with Gasteiger partial charge in [0.1, 0.15) is 5.15 Å². The molecule has 8 heteroatoms. The summed E-state index contributed by atoms with van der Waals surface area (Å²) < 4.78 is 16.2. The SMILES string of the molecule is CC[C@@](OC(=O)c1ccc(-c2ccccc2)cc1)(C(=O)O)c1cc(Cl)nc(OC)c1COC. The standard InChI is InChI=1S/C25H24ClNO6/c1-4-25(24(29)30,20-14-21(26)27-22(32-3)19(20)15-31-2)33-23(28)18-12-10-17(11-13-18)16-8-6-5-7-9-16/h5-14H,4,15H2,1-3H3,(H,29,30)/t25-/m0/s1. The number of esters is 1. The summed E-state index contributed by atoms with van der Waals surface area (Å²) in [5.74, 6) is -2.03. The van der Waals surface area contributed by atoms with Crippen molar-refractivity contribution in [1.82, 2.24) is 4.98 Å². The topological polar surface area (TPSA) is 95.0 Å². The van der Waals surface area contributed by atoms with E-state index in [4.69, 9.17) is 25.8 Å². The summed E-state index contributed by atoms with van der Waals surface area (Å²) in [4.78, 5) is 29.6. The van der Waals surface area contributed by atoms with E-state index in [1.165, 1.54) is 20.3 Å². The molecule has 0 aliphatic heterocycles. The van der Waals surface area contributed by atoms with Gasteiger partial charge in [-0.25, -0.2) is 14.6 Å². The number of methoxy groups -OCH3 is 2. The molecule has 0 unspecified atom stereocenters. The first-order valence-corrected chi connectivity index (χ1v) is 10.6. The average Bonchev–Trinajstić information content (AvgIpc) is 2.83. The van der Waals surface area contributed by atoms with Crippen LogP contribution < -0.4 is 4.74 Å². The summed E-state index contributed by atoms with van der Waals surface area (Å²) in [6.07, 6.45) is -0.0591. The molecule has 1 atom stereocenters. The van der Waals surface area contributed by atoms with Crippen LogP contribution in [0.2, 0.25) is 5.15 Å². The van der Waals surface area contributed by atoms with Gasteiger partial charge in [-0.15, -0.1) is 0 Å². The maximum absolute atomic E-state index is 13.1. The number of aromatic nitrogens is 1. The van der Waals surface area contributed by atoms with Gasteiger partial charge in [-0.05, 0) is 35.7 Å². The summed E-state index contributed by atoms with van der Waals surface area (Å²) >= 11 is 6.13. The summed E-state index contributed by atoms with van der Waals surface area (Å²) in [5.41, 5.74) is 0.581. The molecule has 1 aromatic heterocycles. The van der Waals surface area contributed by atoms with Crippen molar-refractivity contribution in [1.29, 1.82) is 0 Å². The molecule has 172 valence electrons. The zero-order chi connectivity index (χ0) is 24.0. The summed E-state index contributed by atoms with van der Waals surface area (Å²) in [7, 11) is 2.84. The zero-order valence-electron chi connectivity index (χ0n) is 18.5. The third-order valence-corrected chi connectivity index (χ3v) is 5.50. The molecule has 3 aromatic rings. The van der Waals surface area contributed by atoms with Gasteiger partial charge in [-0.2, -0.15) is 0 Å². The van der Waals surface area contributed by atoms with Crippen LogP contribution in [0.4, 0.5) is 0 Å². The fourth-order valence-electron chi connectivity index (χ4n) is 3.61. The van der Waals surface area contributed by atoms with Crippen LogP contribution >= 0.6 is 11.6 Å². The highest BCUT2D eigenvalue weighted by Gasteiger charge is 2.46. The number of benzene rings is 2. The van der Waals surface area contributed by atoms with E-state index >= 15 is 0 Å². The quantitative estimate of drug-likeness (QED) is 0.344. The van der Waals surface area contributed by atoms with E-state index in [1.54, 1.807) is 31.2 Å². The highest BCUT2D eigenvalue weighted by atomic mass is 35.5. The molecule has 0 saturated carbocycles. The third kappa shape index (κ3) is 4.99. The molecule has 3 rings (SSSR count). The minimum Gasteiger partial charge on any atom is -0.481 e. The highest BCUT2D eigenvalue weighted by molar-refractivity contribution is 6.29. The number of carboxylic acid groups (broad SMARTS) is 1. The molecule has 0 amide bonds. The molecule has 0 aliphatic carbocycles. The molecular weight excluding hydrogens is 446 g/mol. The minimum absolute atomic E-state index is 0.00374. The maximum Gasteiger partial charge on any atom is 0.352 e. The van der Waals surface area contributed by atoms with Crippen molar-refractivity contribution in [2.24, 2.45) is 0 Å². The third-order valence-electron chi connectivity index (χ3n) is 5.31. The van der Waals surface area contributed by atoms with Gasteiger partial charge in [0, 0.05) is 18.2 Å². The highest BCUT2D eigenvalue weighted by Crippen LogP contribution is 2.38. The van der Waals surface area contributed by atoms with E-state index in [9.17, 15) is 14.7 Å². The van der Waals surface area contributed by atoms with Crippen LogP contribution in [0.3, 0.4) is 0 Å². The van der Waals surface area contributed by atoms with Crippen molar-refractivity contribution in [2.45, 2.75) is 25.6 Å². The Bertz CT molecular complexity index is 1130. The fourth-order valence-corrected chi connectivity index (χ4v) is 3.79. The van der Waals surface area contributed by atoms with Gasteiger partial charge in [-0.3, -0.25) is 0 Å². The van der Waals surface area contributed by atoms with Crippen LogP contribution in [-0.2, 0) is 26.5 Å². The Morgan fingerprint density at radius 3 is 2.21 bits per heavy atom.